The highest BCUT2D eigenvalue weighted by Gasteiger charge is 2.24. The number of aliphatic carboxylic acids is 1. The molecule has 1 rings (SSSR count). The van der Waals surface area contributed by atoms with Gasteiger partial charge in [-0.05, 0) is 32.4 Å². The zero-order valence-electron chi connectivity index (χ0n) is 7.62. The first-order valence-corrected chi connectivity index (χ1v) is 4.72. The topological polar surface area (TPSA) is 40.5 Å². The molecular formula is C9H17NO2. The van der Waals surface area contributed by atoms with Crippen molar-refractivity contribution in [2.24, 2.45) is 0 Å². The van der Waals surface area contributed by atoms with Crippen LogP contribution in [-0.2, 0) is 4.79 Å². The second-order valence-corrected chi connectivity index (χ2v) is 3.36. The van der Waals surface area contributed by atoms with E-state index in [0.29, 0.717) is 0 Å². The lowest BCUT2D eigenvalue weighted by Crippen LogP contribution is -2.43. The maximum Gasteiger partial charge on any atom is 0.320 e. The summed E-state index contributed by atoms with van der Waals surface area (Å²) < 4.78 is 0. The summed E-state index contributed by atoms with van der Waals surface area (Å²) in [5, 5.41) is 8.88. The van der Waals surface area contributed by atoms with Gasteiger partial charge in [0.1, 0.15) is 6.04 Å². The van der Waals surface area contributed by atoms with Crippen LogP contribution in [0.2, 0.25) is 0 Å². The number of likely N-dealkylation sites (tertiary alicyclic amines) is 1. The zero-order chi connectivity index (χ0) is 8.97. The van der Waals surface area contributed by atoms with Crippen LogP contribution in [-0.4, -0.2) is 35.1 Å². The number of carboxylic acid groups (broad SMARTS) is 1. The summed E-state index contributed by atoms with van der Waals surface area (Å²) in [5.41, 5.74) is 0. The molecule has 0 spiro atoms. The zero-order valence-corrected chi connectivity index (χ0v) is 7.62. The minimum atomic E-state index is -0.667. The molecule has 0 radical (unpaired) electrons. The molecule has 1 aliphatic rings. The molecule has 0 aliphatic carbocycles. The maximum absolute atomic E-state index is 10.8. The molecule has 1 atom stereocenters. The molecule has 1 heterocycles. The monoisotopic (exact) mass is 171 g/mol. The minimum absolute atomic E-state index is 0.245. The Kier molecular flexibility index (Phi) is 3.53. The molecule has 0 aromatic heterocycles. The Morgan fingerprint density at radius 3 is 2.42 bits per heavy atom. The molecule has 0 unspecified atom stereocenters. The van der Waals surface area contributed by atoms with Crippen LogP contribution >= 0.6 is 0 Å². The summed E-state index contributed by atoms with van der Waals surface area (Å²) in [6.45, 7) is 3.86. The molecular weight excluding hydrogens is 154 g/mol. The third-order valence-corrected chi connectivity index (χ3v) is 2.50. The molecule has 12 heavy (non-hydrogen) atoms. The summed E-state index contributed by atoms with van der Waals surface area (Å²) in [5.74, 6) is -0.667. The van der Waals surface area contributed by atoms with E-state index in [4.69, 9.17) is 5.11 Å². The van der Waals surface area contributed by atoms with Gasteiger partial charge in [0.15, 0.2) is 0 Å². The lowest BCUT2D eigenvalue weighted by atomic mass is 10.1. The van der Waals surface area contributed by atoms with Gasteiger partial charge in [0, 0.05) is 0 Å². The molecule has 0 amide bonds. The van der Waals surface area contributed by atoms with Crippen molar-refractivity contribution in [1.29, 1.82) is 0 Å². The summed E-state index contributed by atoms with van der Waals surface area (Å²) in [4.78, 5) is 12.9. The van der Waals surface area contributed by atoms with Crippen LogP contribution < -0.4 is 0 Å². The van der Waals surface area contributed by atoms with Gasteiger partial charge in [0.25, 0.3) is 0 Å². The highest BCUT2D eigenvalue weighted by atomic mass is 16.4. The Balaban J connectivity index is 2.46. The van der Waals surface area contributed by atoms with Crippen molar-refractivity contribution >= 4 is 5.97 Å². The summed E-state index contributed by atoms with van der Waals surface area (Å²) in [6, 6.07) is -0.245. The number of rotatable bonds is 3. The normalized spacial score (nSPS) is 22.1. The van der Waals surface area contributed by atoms with E-state index >= 15 is 0 Å². The lowest BCUT2D eigenvalue weighted by molar-refractivity contribution is -0.143. The molecule has 3 heteroatoms. The first-order chi connectivity index (χ1) is 5.75. The van der Waals surface area contributed by atoms with Crippen molar-refractivity contribution in [2.45, 2.75) is 38.6 Å². The second kappa shape index (κ2) is 4.45. The fourth-order valence-corrected chi connectivity index (χ4v) is 1.82. The molecule has 0 aromatic rings. The molecule has 70 valence electrons. The van der Waals surface area contributed by atoms with E-state index in [2.05, 4.69) is 4.90 Å². The van der Waals surface area contributed by atoms with Gasteiger partial charge in [0.05, 0.1) is 0 Å². The molecule has 0 bridgehead atoms. The van der Waals surface area contributed by atoms with E-state index in [1.165, 1.54) is 6.42 Å². The summed E-state index contributed by atoms with van der Waals surface area (Å²) >= 11 is 0. The Morgan fingerprint density at radius 1 is 1.42 bits per heavy atom. The Hall–Kier alpha value is -0.570. The molecule has 1 N–H and O–H groups in total. The van der Waals surface area contributed by atoms with Gasteiger partial charge in [0.2, 0.25) is 0 Å². The van der Waals surface area contributed by atoms with Gasteiger partial charge >= 0.3 is 5.97 Å². The van der Waals surface area contributed by atoms with E-state index in [1.54, 1.807) is 0 Å². The van der Waals surface area contributed by atoms with Gasteiger partial charge in [-0.3, -0.25) is 9.69 Å². The van der Waals surface area contributed by atoms with Crippen molar-refractivity contribution in [3.05, 3.63) is 0 Å². The Labute approximate surface area is 73.4 Å². The summed E-state index contributed by atoms with van der Waals surface area (Å²) in [6.07, 6.45) is 4.29. The van der Waals surface area contributed by atoms with E-state index in [1.807, 2.05) is 6.92 Å². The highest BCUT2D eigenvalue weighted by Crippen LogP contribution is 2.13. The van der Waals surface area contributed by atoms with Crippen molar-refractivity contribution in [3.63, 3.8) is 0 Å². The molecule has 1 aliphatic heterocycles. The molecule has 3 nitrogen and oxygen atoms in total. The Morgan fingerprint density at radius 2 is 2.00 bits per heavy atom. The number of carbonyl (C=O) groups is 1. The van der Waals surface area contributed by atoms with E-state index < -0.39 is 5.97 Å². The van der Waals surface area contributed by atoms with Crippen molar-refractivity contribution in [3.8, 4) is 0 Å². The lowest BCUT2D eigenvalue weighted by Gasteiger charge is -2.31. The first-order valence-electron chi connectivity index (χ1n) is 4.72. The van der Waals surface area contributed by atoms with Crippen LogP contribution in [0, 0.1) is 0 Å². The van der Waals surface area contributed by atoms with Gasteiger partial charge in [-0.1, -0.05) is 13.3 Å². The number of hydrogen-bond acceptors (Lipinski definition) is 2. The number of piperidine rings is 1. The fourth-order valence-electron chi connectivity index (χ4n) is 1.82. The molecule has 1 saturated heterocycles. The quantitative estimate of drug-likeness (QED) is 0.696. The van der Waals surface area contributed by atoms with E-state index in [-0.39, 0.29) is 6.04 Å². The minimum Gasteiger partial charge on any atom is -0.480 e. The SMILES string of the molecule is CC[C@@H](C(=O)O)N1CCCCC1. The largest absolute Gasteiger partial charge is 0.480 e. The molecule has 1 fully saturated rings. The van der Waals surface area contributed by atoms with Crippen LogP contribution in [0.25, 0.3) is 0 Å². The second-order valence-electron chi connectivity index (χ2n) is 3.36. The Bertz CT molecular complexity index is 153. The number of nitrogens with zero attached hydrogens (tertiary/aromatic N) is 1. The van der Waals surface area contributed by atoms with Crippen LogP contribution in [0.3, 0.4) is 0 Å². The van der Waals surface area contributed by atoms with E-state index in [9.17, 15) is 4.79 Å². The molecule has 0 saturated carbocycles. The standard InChI is InChI=1S/C9H17NO2/c1-2-8(9(11)12)10-6-4-3-5-7-10/h8H,2-7H2,1H3,(H,11,12)/t8-/m0/s1. The van der Waals surface area contributed by atoms with Gasteiger partial charge in [-0.2, -0.15) is 0 Å². The van der Waals surface area contributed by atoms with Crippen LogP contribution in [0.1, 0.15) is 32.6 Å². The summed E-state index contributed by atoms with van der Waals surface area (Å²) in [7, 11) is 0. The van der Waals surface area contributed by atoms with Crippen molar-refractivity contribution < 1.29 is 9.90 Å². The van der Waals surface area contributed by atoms with E-state index in [0.717, 1.165) is 32.4 Å². The van der Waals surface area contributed by atoms with Crippen molar-refractivity contribution in [2.75, 3.05) is 13.1 Å². The number of carboxylic acids is 1. The third-order valence-electron chi connectivity index (χ3n) is 2.50. The molecule has 0 aromatic carbocycles. The fraction of sp³-hybridized carbons (Fsp3) is 0.889. The maximum atomic E-state index is 10.8. The van der Waals surface area contributed by atoms with Gasteiger partial charge < -0.3 is 5.11 Å². The van der Waals surface area contributed by atoms with Gasteiger partial charge in [-0.25, -0.2) is 0 Å². The van der Waals surface area contributed by atoms with Crippen LogP contribution in [0.15, 0.2) is 0 Å². The predicted molar refractivity (Wildman–Crippen MR) is 47.1 cm³/mol. The smallest absolute Gasteiger partial charge is 0.320 e. The predicted octanol–water partition coefficient (Wildman–Crippen LogP) is 1.34. The van der Waals surface area contributed by atoms with Crippen molar-refractivity contribution in [1.82, 2.24) is 4.90 Å². The van der Waals surface area contributed by atoms with Gasteiger partial charge in [-0.15, -0.1) is 0 Å². The van der Waals surface area contributed by atoms with Crippen LogP contribution in [0.5, 0.6) is 0 Å². The number of hydrogen-bond donors (Lipinski definition) is 1. The average molecular weight is 171 g/mol. The first kappa shape index (κ1) is 9.52. The third kappa shape index (κ3) is 2.21. The van der Waals surface area contributed by atoms with Crippen LogP contribution in [0.4, 0.5) is 0 Å². The highest BCUT2D eigenvalue weighted by molar-refractivity contribution is 5.73. The average Bonchev–Trinajstić information content (AvgIpc) is 2.07.